The first-order chi connectivity index (χ1) is 11.5. The quantitative estimate of drug-likeness (QED) is 0.691. The predicted molar refractivity (Wildman–Crippen MR) is 99.8 cm³/mol. The lowest BCUT2D eigenvalue weighted by Gasteiger charge is -2.27. The van der Waals surface area contributed by atoms with Gasteiger partial charge in [0, 0.05) is 10.6 Å². The number of hydrogen-bond acceptors (Lipinski definition) is 3. The van der Waals surface area contributed by atoms with Crippen molar-refractivity contribution in [1.29, 1.82) is 0 Å². The molecule has 0 heterocycles. The van der Waals surface area contributed by atoms with Crippen molar-refractivity contribution in [2.24, 2.45) is 5.73 Å². The van der Waals surface area contributed by atoms with Crippen LogP contribution in [0.5, 0.6) is 0 Å². The van der Waals surface area contributed by atoms with Gasteiger partial charge < -0.3 is 5.73 Å². The highest BCUT2D eigenvalue weighted by Gasteiger charge is 2.39. The van der Waals surface area contributed by atoms with Crippen LogP contribution in [0.2, 0.25) is 5.02 Å². The predicted octanol–water partition coefficient (Wildman–Crippen LogP) is 3.83. The maximum Gasteiger partial charge on any atom is 0.249 e. The third kappa shape index (κ3) is 5.00. The lowest BCUT2D eigenvalue weighted by Crippen LogP contribution is -2.37. The Hall–Kier alpha value is -1.02. The van der Waals surface area contributed by atoms with Gasteiger partial charge in [0.25, 0.3) is 0 Å². The maximum absolute atomic E-state index is 12.6. The highest BCUT2D eigenvalue weighted by atomic mass is 35.6. The standard InChI is InChI=1S/C15H12Cl4N2O3S/c16-9-5-7-10(8-6-9)25(23,24)21-13(15(17,18)19)11-3-1-2-4-12(11)14(20)22/h1-8,13,21H,(H2,20,22). The third-order valence-electron chi connectivity index (χ3n) is 3.26. The summed E-state index contributed by atoms with van der Waals surface area (Å²) in [5, 5.41) is 0.371. The van der Waals surface area contributed by atoms with Crippen molar-refractivity contribution in [1.82, 2.24) is 4.72 Å². The lowest BCUT2D eigenvalue weighted by molar-refractivity contribution is 0.0999. The summed E-state index contributed by atoms with van der Waals surface area (Å²) in [5.74, 6) is -0.777. The smallest absolute Gasteiger partial charge is 0.249 e. The number of carbonyl (C=O) groups excluding carboxylic acids is 1. The van der Waals surface area contributed by atoms with E-state index in [-0.39, 0.29) is 16.0 Å². The molecule has 10 heteroatoms. The molecule has 1 amide bonds. The van der Waals surface area contributed by atoms with Crippen LogP contribution in [-0.2, 0) is 10.0 Å². The lowest BCUT2D eigenvalue weighted by atomic mass is 10.0. The highest BCUT2D eigenvalue weighted by Crippen LogP contribution is 2.41. The van der Waals surface area contributed by atoms with Crippen LogP contribution in [0.15, 0.2) is 53.4 Å². The van der Waals surface area contributed by atoms with Crippen molar-refractivity contribution in [3.05, 3.63) is 64.7 Å². The summed E-state index contributed by atoms with van der Waals surface area (Å²) < 4.78 is 25.4. The minimum Gasteiger partial charge on any atom is -0.366 e. The number of rotatable bonds is 5. The SMILES string of the molecule is NC(=O)c1ccccc1C(NS(=O)(=O)c1ccc(Cl)cc1)C(Cl)(Cl)Cl. The van der Waals surface area contributed by atoms with Gasteiger partial charge in [-0.15, -0.1) is 0 Å². The molecule has 0 aliphatic carbocycles. The zero-order chi connectivity index (χ0) is 18.8. The molecule has 0 fully saturated rings. The van der Waals surface area contributed by atoms with Crippen LogP contribution in [-0.4, -0.2) is 18.1 Å². The van der Waals surface area contributed by atoms with Gasteiger partial charge in [-0.25, -0.2) is 8.42 Å². The first-order valence-corrected chi connectivity index (χ1v) is 9.75. The number of hydrogen-bond donors (Lipinski definition) is 2. The molecule has 2 rings (SSSR count). The maximum atomic E-state index is 12.6. The van der Waals surface area contributed by atoms with Gasteiger partial charge in [0.05, 0.1) is 10.9 Å². The minimum atomic E-state index is -4.06. The fraction of sp³-hybridized carbons (Fsp3) is 0.133. The van der Waals surface area contributed by atoms with E-state index >= 15 is 0 Å². The van der Waals surface area contributed by atoms with E-state index < -0.39 is 25.8 Å². The Morgan fingerprint density at radius 1 is 1.04 bits per heavy atom. The molecule has 134 valence electrons. The number of carbonyl (C=O) groups is 1. The number of nitrogens with one attached hydrogen (secondary N) is 1. The van der Waals surface area contributed by atoms with Gasteiger partial charge in [-0.3, -0.25) is 4.79 Å². The number of sulfonamides is 1. The summed E-state index contributed by atoms with van der Waals surface area (Å²) >= 11 is 23.6. The molecular formula is C15H12Cl4N2O3S. The molecule has 0 saturated heterocycles. The fourth-order valence-electron chi connectivity index (χ4n) is 2.12. The number of alkyl halides is 3. The molecule has 0 bridgehead atoms. The van der Waals surface area contributed by atoms with Gasteiger partial charge in [-0.2, -0.15) is 4.72 Å². The van der Waals surface area contributed by atoms with Crippen LogP contribution < -0.4 is 10.5 Å². The van der Waals surface area contributed by atoms with E-state index in [4.69, 9.17) is 52.1 Å². The molecule has 0 radical (unpaired) electrons. The van der Waals surface area contributed by atoms with Crippen molar-refractivity contribution in [3.8, 4) is 0 Å². The topological polar surface area (TPSA) is 89.3 Å². The molecule has 3 N–H and O–H groups in total. The first-order valence-electron chi connectivity index (χ1n) is 6.76. The highest BCUT2D eigenvalue weighted by molar-refractivity contribution is 7.89. The average Bonchev–Trinajstić information content (AvgIpc) is 2.52. The molecule has 5 nitrogen and oxygen atoms in total. The van der Waals surface area contributed by atoms with Crippen molar-refractivity contribution < 1.29 is 13.2 Å². The Balaban J connectivity index is 2.50. The number of nitrogens with two attached hydrogens (primary N) is 1. The molecule has 2 aromatic rings. The van der Waals surface area contributed by atoms with E-state index in [9.17, 15) is 13.2 Å². The Bertz CT molecular complexity index is 880. The Kier molecular flexibility index (Phi) is 6.25. The van der Waals surface area contributed by atoms with E-state index in [2.05, 4.69) is 4.72 Å². The summed E-state index contributed by atoms with van der Waals surface area (Å²) in [6, 6.07) is 10.1. The zero-order valence-corrected chi connectivity index (χ0v) is 16.3. The van der Waals surface area contributed by atoms with Crippen LogP contribution in [0.1, 0.15) is 22.0 Å². The van der Waals surface area contributed by atoms with Crippen LogP contribution >= 0.6 is 46.4 Å². The molecule has 0 saturated carbocycles. The van der Waals surface area contributed by atoms with Crippen molar-refractivity contribution in [2.75, 3.05) is 0 Å². The number of primary amides is 1. The average molecular weight is 442 g/mol. The molecule has 0 aliphatic heterocycles. The molecule has 1 unspecified atom stereocenters. The van der Waals surface area contributed by atoms with Crippen molar-refractivity contribution in [2.45, 2.75) is 14.7 Å². The monoisotopic (exact) mass is 440 g/mol. The van der Waals surface area contributed by atoms with Gasteiger partial charge >= 0.3 is 0 Å². The fourth-order valence-corrected chi connectivity index (χ4v) is 4.20. The second-order valence-corrected chi connectivity index (χ2v) is 9.52. The first kappa shape index (κ1) is 20.3. The minimum absolute atomic E-state index is 0.0395. The van der Waals surface area contributed by atoms with Crippen molar-refractivity contribution >= 4 is 62.3 Å². The molecule has 1 atom stereocenters. The summed E-state index contributed by atoms with van der Waals surface area (Å²) in [5.41, 5.74) is 5.51. The number of benzene rings is 2. The summed E-state index contributed by atoms with van der Waals surface area (Å²) in [6.07, 6.45) is 0. The zero-order valence-electron chi connectivity index (χ0n) is 12.4. The van der Waals surface area contributed by atoms with Crippen molar-refractivity contribution in [3.63, 3.8) is 0 Å². The summed E-state index contributed by atoms with van der Waals surface area (Å²) in [6.45, 7) is 0. The molecule has 0 aromatic heterocycles. The molecule has 0 spiro atoms. The van der Waals surface area contributed by atoms with E-state index in [1.54, 1.807) is 12.1 Å². The molecular weight excluding hydrogens is 430 g/mol. The molecule has 0 aliphatic rings. The van der Waals surface area contributed by atoms with Gasteiger partial charge in [0.2, 0.25) is 19.7 Å². The van der Waals surface area contributed by atoms with E-state index in [0.717, 1.165) is 0 Å². The Morgan fingerprint density at radius 3 is 2.12 bits per heavy atom. The second kappa shape index (κ2) is 7.70. The number of halogens is 4. The second-order valence-electron chi connectivity index (χ2n) is 5.00. The van der Waals surface area contributed by atoms with Gasteiger partial charge in [-0.05, 0) is 35.9 Å². The van der Waals surface area contributed by atoms with Crippen LogP contribution in [0.3, 0.4) is 0 Å². The third-order valence-corrected chi connectivity index (χ3v) is 5.61. The Labute approximate surface area is 165 Å². The van der Waals surface area contributed by atoms with Crippen LogP contribution in [0, 0.1) is 0 Å². The van der Waals surface area contributed by atoms with E-state index in [1.165, 1.54) is 36.4 Å². The number of amides is 1. The summed E-state index contributed by atoms with van der Waals surface area (Å²) in [7, 11) is -4.06. The van der Waals surface area contributed by atoms with Gasteiger partial charge in [-0.1, -0.05) is 64.6 Å². The summed E-state index contributed by atoms with van der Waals surface area (Å²) in [4.78, 5) is 11.6. The van der Waals surface area contributed by atoms with Crippen LogP contribution in [0.4, 0.5) is 0 Å². The Morgan fingerprint density at radius 2 is 1.60 bits per heavy atom. The van der Waals surface area contributed by atoms with Crippen LogP contribution in [0.25, 0.3) is 0 Å². The van der Waals surface area contributed by atoms with E-state index in [1.807, 2.05) is 0 Å². The molecule has 25 heavy (non-hydrogen) atoms. The normalized spacial score (nSPS) is 13.4. The van der Waals surface area contributed by atoms with Gasteiger partial charge in [0.1, 0.15) is 0 Å². The molecule has 2 aromatic carbocycles. The van der Waals surface area contributed by atoms with E-state index in [0.29, 0.717) is 5.02 Å². The van der Waals surface area contributed by atoms with Gasteiger partial charge in [0.15, 0.2) is 0 Å². The largest absolute Gasteiger partial charge is 0.366 e.